The minimum absolute atomic E-state index is 0.00903. The number of amides is 2. The topological polar surface area (TPSA) is 96.0 Å². The minimum Gasteiger partial charge on any atom is -0.492 e. The summed E-state index contributed by atoms with van der Waals surface area (Å²) in [6, 6.07) is 16.1. The second kappa shape index (κ2) is 14.6. The molecule has 9 heteroatoms. The van der Waals surface area contributed by atoms with Crippen molar-refractivity contribution in [3.05, 3.63) is 60.2 Å². The molecule has 2 rings (SSSR count). The van der Waals surface area contributed by atoms with Gasteiger partial charge in [-0.1, -0.05) is 49.4 Å². The summed E-state index contributed by atoms with van der Waals surface area (Å²) in [5, 5.41) is 2.96. The van der Waals surface area contributed by atoms with Crippen LogP contribution in [0, 0.1) is 0 Å². The molecule has 0 radical (unpaired) electrons. The fourth-order valence-electron chi connectivity index (χ4n) is 3.96. The number of anilines is 1. The average molecular weight is 532 g/mol. The Balaban J connectivity index is 2.15. The lowest BCUT2D eigenvalue weighted by molar-refractivity contribution is -0.140. The highest BCUT2D eigenvalue weighted by atomic mass is 32.2. The van der Waals surface area contributed by atoms with Crippen LogP contribution in [0.1, 0.15) is 52.5 Å². The van der Waals surface area contributed by atoms with Crippen LogP contribution in [0.2, 0.25) is 0 Å². The normalized spacial score (nSPS) is 12.9. The predicted molar refractivity (Wildman–Crippen MR) is 148 cm³/mol. The van der Waals surface area contributed by atoms with Crippen molar-refractivity contribution in [3.63, 3.8) is 0 Å². The third kappa shape index (κ3) is 9.39. The third-order valence-electron chi connectivity index (χ3n) is 6.24. The highest BCUT2D eigenvalue weighted by molar-refractivity contribution is 7.92. The molecule has 2 amide bonds. The summed E-state index contributed by atoms with van der Waals surface area (Å²) in [4.78, 5) is 27.8. The molecule has 0 spiro atoms. The van der Waals surface area contributed by atoms with Crippen LogP contribution >= 0.6 is 0 Å². The highest BCUT2D eigenvalue weighted by Crippen LogP contribution is 2.30. The molecule has 0 unspecified atom stereocenters. The molecule has 0 bridgehead atoms. The number of para-hydroxylation sites is 2. The van der Waals surface area contributed by atoms with Crippen molar-refractivity contribution in [3.8, 4) is 5.75 Å². The Labute approximate surface area is 222 Å². The van der Waals surface area contributed by atoms with Crippen LogP contribution in [0.25, 0.3) is 0 Å². The standard InChI is InChI=1S/C28H41N3O5S/c1-6-22(3)29-28(33)23(4)30(21-19-24-14-9-8-10-15-24)27(32)18-13-20-31(37(5,34)35)25-16-11-12-17-26(25)36-7-2/h8-12,14-17,22-23H,6-7,13,18-21H2,1-5H3,(H,29,33)/t22-,23+/m0/s1. The van der Waals surface area contributed by atoms with Crippen LogP contribution < -0.4 is 14.4 Å². The molecule has 0 aromatic heterocycles. The van der Waals surface area contributed by atoms with Crippen LogP contribution in [0.3, 0.4) is 0 Å². The lowest BCUT2D eigenvalue weighted by atomic mass is 10.1. The Morgan fingerprint density at radius 1 is 0.973 bits per heavy atom. The van der Waals surface area contributed by atoms with Gasteiger partial charge in [-0.2, -0.15) is 0 Å². The van der Waals surface area contributed by atoms with E-state index in [1.165, 1.54) is 4.31 Å². The second-order valence-corrected chi connectivity index (χ2v) is 11.1. The molecular formula is C28H41N3O5S. The number of ether oxygens (including phenoxy) is 1. The van der Waals surface area contributed by atoms with Crippen LogP contribution in [0.4, 0.5) is 5.69 Å². The van der Waals surface area contributed by atoms with E-state index >= 15 is 0 Å². The van der Waals surface area contributed by atoms with Crippen molar-refractivity contribution in [1.29, 1.82) is 0 Å². The SMILES string of the molecule is CCOc1ccccc1N(CCCC(=O)N(CCc1ccccc1)[C@H](C)C(=O)N[C@@H](C)CC)S(C)(=O)=O. The first-order valence-electron chi connectivity index (χ1n) is 12.9. The molecule has 0 aliphatic rings. The summed E-state index contributed by atoms with van der Waals surface area (Å²) >= 11 is 0. The summed E-state index contributed by atoms with van der Waals surface area (Å²) in [5.41, 5.74) is 1.52. The van der Waals surface area contributed by atoms with Crippen molar-refractivity contribution < 1.29 is 22.7 Å². The zero-order chi connectivity index (χ0) is 27.4. The largest absolute Gasteiger partial charge is 0.492 e. The second-order valence-electron chi connectivity index (χ2n) is 9.16. The van der Waals surface area contributed by atoms with Gasteiger partial charge in [-0.05, 0) is 57.7 Å². The lowest BCUT2D eigenvalue weighted by Crippen LogP contribution is -2.50. The zero-order valence-electron chi connectivity index (χ0n) is 22.6. The summed E-state index contributed by atoms with van der Waals surface area (Å²) < 4.78 is 32.1. The van der Waals surface area contributed by atoms with Gasteiger partial charge in [0.25, 0.3) is 0 Å². The molecule has 2 atom stereocenters. The molecular weight excluding hydrogens is 490 g/mol. The van der Waals surface area contributed by atoms with Crippen LogP contribution in [0.5, 0.6) is 5.75 Å². The fourth-order valence-corrected chi connectivity index (χ4v) is 4.93. The van der Waals surface area contributed by atoms with E-state index in [4.69, 9.17) is 4.74 Å². The first-order valence-corrected chi connectivity index (χ1v) is 14.8. The Morgan fingerprint density at radius 2 is 1.62 bits per heavy atom. The number of nitrogens with one attached hydrogen (secondary N) is 1. The summed E-state index contributed by atoms with van der Waals surface area (Å²) in [6.45, 7) is 8.41. The summed E-state index contributed by atoms with van der Waals surface area (Å²) in [6.07, 6.45) is 2.96. The van der Waals surface area contributed by atoms with Gasteiger partial charge in [0.15, 0.2) is 0 Å². The minimum atomic E-state index is -3.61. The number of benzene rings is 2. The molecule has 8 nitrogen and oxygen atoms in total. The smallest absolute Gasteiger partial charge is 0.242 e. The van der Waals surface area contributed by atoms with Gasteiger partial charge < -0.3 is 15.0 Å². The van der Waals surface area contributed by atoms with Crippen molar-refractivity contribution in [2.24, 2.45) is 0 Å². The molecule has 2 aromatic carbocycles. The monoisotopic (exact) mass is 531 g/mol. The number of carbonyl (C=O) groups is 2. The number of hydrogen-bond donors (Lipinski definition) is 1. The van der Waals surface area contributed by atoms with Crippen molar-refractivity contribution in [2.75, 3.05) is 30.3 Å². The summed E-state index contributed by atoms with van der Waals surface area (Å²) in [7, 11) is -3.61. The molecule has 0 fully saturated rings. The van der Waals surface area contributed by atoms with Gasteiger partial charge in [-0.25, -0.2) is 8.42 Å². The van der Waals surface area contributed by atoms with Crippen LogP contribution in [-0.4, -0.2) is 63.2 Å². The first-order chi connectivity index (χ1) is 17.6. The highest BCUT2D eigenvalue weighted by Gasteiger charge is 2.27. The van der Waals surface area contributed by atoms with E-state index < -0.39 is 16.1 Å². The van der Waals surface area contributed by atoms with E-state index in [1.54, 1.807) is 36.1 Å². The van der Waals surface area contributed by atoms with Gasteiger partial charge in [0.2, 0.25) is 21.8 Å². The van der Waals surface area contributed by atoms with Gasteiger partial charge in [0, 0.05) is 25.6 Å². The van der Waals surface area contributed by atoms with Gasteiger partial charge >= 0.3 is 0 Å². The van der Waals surface area contributed by atoms with E-state index in [-0.39, 0.29) is 30.8 Å². The van der Waals surface area contributed by atoms with E-state index in [2.05, 4.69) is 5.32 Å². The van der Waals surface area contributed by atoms with E-state index in [0.29, 0.717) is 37.4 Å². The van der Waals surface area contributed by atoms with Gasteiger partial charge in [0.1, 0.15) is 11.8 Å². The molecule has 0 aliphatic carbocycles. The maximum absolute atomic E-state index is 13.4. The zero-order valence-corrected chi connectivity index (χ0v) is 23.5. The molecule has 0 saturated carbocycles. The quantitative estimate of drug-likeness (QED) is 0.375. The number of carbonyl (C=O) groups excluding carboxylic acids is 2. The van der Waals surface area contributed by atoms with E-state index in [0.717, 1.165) is 18.2 Å². The summed E-state index contributed by atoms with van der Waals surface area (Å²) in [5.74, 6) is 0.0926. The third-order valence-corrected chi connectivity index (χ3v) is 7.42. The van der Waals surface area contributed by atoms with Crippen molar-refractivity contribution >= 4 is 27.5 Å². The van der Waals surface area contributed by atoms with Crippen molar-refractivity contribution in [2.45, 2.75) is 65.5 Å². The van der Waals surface area contributed by atoms with Gasteiger partial charge in [-0.15, -0.1) is 0 Å². The van der Waals surface area contributed by atoms with Crippen molar-refractivity contribution in [1.82, 2.24) is 10.2 Å². The number of rotatable bonds is 15. The average Bonchev–Trinajstić information content (AvgIpc) is 2.87. The Morgan fingerprint density at radius 3 is 2.24 bits per heavy atom. The molecule has 2 aromatic rings. The van der Waals surface area contributed by atoms with Gasteiger partial charge in [0.05, 0.1) is 18.6 Å². The molecule has 0 heterocycles. The van der Waals surface area contributed by atoms with Crippen LogP contribution in [-0.2, 0) is 26.0 Å². The molecule has 204 valence electrons. The number of sulfonamides is 1. The molecule has 0 saturated heterocycles. The predicted octanol–water partition coefficient (Wildman–Crippen LogP) is 4.01. The van der Waals surface area contributed by atoms with Gasteiger partial charge in [-0.3, -0.25) is 13.9 Å². The van der Waals surface area contributed by atoms with E-state index in [1.807, 2.05) is 51.1 Å². The molecule has 0 aliphatic heterocycles. The first kappa shape index (κ1) is 30.2. The molecule has 1 N–H and O–H groups in total. The molecule has 37 heavy (non-hydrogen) atoms. The maximum Gasteiger partial charge on any atom is 0.242 e. The number of nitrogens with zero attached hydrogens (tertiary/aromatic N) is 2. The Bertz CT molecular complexity index is 1110. The van der Waals surface area contributed by atoms with Crippen LogP contribution in [0.15, 0.2) is 54.6 Å². The Kier molecular flexibility index (Phi) is 11.9. The lowest BCUT2D eigenvalue weighted by Gasteiger charge is -2.30. The van der Waals surface area contributed by atoms with E-state index in [9.17, 15) is 18.0 Å². The Hall–Kier alpha value is -3.07. The maximum atomic E-state index is 13.4. The number of hydrogen-bond acceptors (Lipinski definition) is 5. The fraction of sp³-hybridized carbons (Fsp3) is 0.500.